The molecule has 0 unspecified atom stereocenters. The lowest BCUT2D eigenvalue weighted by Crippen LogP contribution is -2.39. The zero-order valence-electron chi connectivity index (χ0n) is 21.9. The first-order chi connectivity index (χ1) is 19.0. The molecule has 0 bridgehead atoms. The van der Waals surface area contributed by atoms with Gasteiger partial charge in [-0.15, -0.1) is 0 Å². The van der Waals surface area contributed by atoms with Gasteiger partial charge in [0.15, 0.2) is 34.4 Å². The summed E-state index contributed by atoms with van der Waals surface area (Å²) in [5.74, 6) is 1.21. The van der Waals surface area contributed by atoms with E-state index >= 15 is 0 Å². The normalized spacial score (nSPS) is 14.4. The molecule has 3 aromatic rings. The number of methoxy groups -OCH3 is 2. The Labute approximate surface area is 228 Å². The zero-order chi connectivity index (χ0) is 27.9. The average Bonchev–Trinajstić information content (AvgIpc) is 3.27. The van der Waals surface area contributed by atoms with Crippen LogP contribution in [0.2, 0.25) is 0 Å². The van der Waals surface area contributed by atoms with Gasteiger partial charge in [-0.2, -0.15) is 5.26 Å². The lowest BCUT2D eigenvalue weighted by Gasteiger charge is -2.23. The molecule has 0 N–H and O–H groups in total. The van der Waals surface area contributed by atoms with E-state index in [0.717, 1.165) is 11.3 Å². The summed E-state index contributed by atoms with van der Waals surface area (Å²) >= 11 is 1.16. The molecule has 11 heteroatoms. The minimum absolute atomic E-state index is 0.190. The summed E-state index contributed by atoms with van der Waals surface area (Å²) in [4.78, 5) is 31.4. The van der Waals surface area contributed by atoms with Gasteiger partial charge in [0.1, 0.15) is 6.07 Å². The molecular weight excluding hydrogens is 522 g/mol. The van der Waals surface area contributed by atoms with Gasteiger partial charge in [-0.25, -0.2) is 9.79 Å². The van der Waals surface area contributed by atoms with E-state index in [4.69, 9.17) is 28.9 Å². The average molecular weight is 550 g/mol. The number of esters is 1. The molecule has 1 aliphatic heterocycles. The second-order valence-electron chi connectivity index (χ2n) is 8.07. The van der Waals surface area contributed by atoms with Crippen molar-refractivity contribution in [3.63, 3.8) is 0 Å². The van der Waals surface area contributed by atoms with Crippen molar-refractivity contribution >= 4 is 23.4 Å². The number of carbonyl (C=O) groups is 1. The first kappa shape index (κ1) is 27.5. The molecule has 4 rings (SSSR count). The number of rotatable bonds is 10. The lowest BCUT2D eigenvalue weighted by molar-refractivity contribution is -0.136. The van der Waals surface area contributed by atoms with Crippen molar-refractivity contribution in [2.75, 3.05) is 34.0 Å². The van der Waals surface area contributed by atoms with Crippen LogP contribution in [0.25, 0.3) is 6.08 Å². The number of nitriles is 1. The molecular formula is C28H27N3O7S. The molecule has 1 aromatic heterocycles. The fourth-order valence-electron chi connectivity index (χ4n) is 4.19. The highest BCUT2D eigenvalue weighted by Crippen LogP contribution is 2.35. The maximum atomic E-state index is 13.8. The number of hydrogen-bond acceptors (Lipinski definition) is 10. The van der Waals surface area contributed by atoms with Crippen LogP contribution in [-0.2, 0) is 9.53 Å². The smallest absolute Gasteiger partial charge is 0.337 e. The van der Waals surface area contributed by atoms with Crippen LogP contribution >= 0.6 is 11.3 Å². The number of benzene rings is 2. The number of carbonyl (C=O) groups excluding carboxylic acids is 1. The number of thiazole rings is 1. The zero-order valence-corrected chi connectivity index (χ0v) is 22.7. The van der Waals surface area contributed by atoms with Gasteiger partial charge in [0.25, 0.3) is 5.56 Å². The summed E-state index contributed by atoms with van der Waals surface area (Å²) in [7, 11) is 2.77. The summed E-state index contributed by atoms with van der Waals surface area (Å²) < 4.78 is 29.3. The molecule has 0 saturated heterocycles. The van der Waals surface area contributed by atoms with Crippen molar-refractivity contribution in [3.05, 3.63) is 79.0 Å². The highest BCUT2D eigenvalue weighted by molar-refractivity contribution is 7.07. The van der Waals surface area contributed by atoms with E-state index in [2.05, 4.69) is 4.99 Å². The maximum Gasteiger partial charge on any atom is 0.337 e. The summed E-state index contributed by atoms with van der Waals surface area (Å²) in [6, 6.07) is 11.6. The highest BCUT2D eigenvalue weighted by Gasteiger charge is 2.31. The Morgan fingerprint density at radius 2 is 1.87 bits per heavy atom. The van der Waals surface area contributed by atoms with E-state index in [1.165, 1.54) is 25.0 Å². The van der Waals surface area contributed by atoms with Crippen LogP contribution in [-0.4, -0.2) is 44.6 Å². The van der Waals surface area contributed by atoms with E-state index in [0.29, 0.717) is 56.7 Å². The van der Waals surface area contributed by atoms with Crippen LogP contribution in [0.4, 0.5) is 0 Å². The standard InChI is InChI=1S/C28H27N3O7S/c1-5-36-20-11-10-17(14-22(20)37-6-2)24-19(27(33)35-4)16-30-28-31(24)26(32)23(39-28)15-18-8-7-9-21(34-3)25(18)38-13-12-29/h7-11,14-16,24H,5-6,13H2,1-4H3/b23-15+/t24-/m0/s1. The van der Waals surface area contributed by atoms with Gasteiger partial charge in [-0.1, -0.05) is 29.5 Å². The topological polar surface area (TPSA) is 121 Å². The van der Waals surface area contributed by atoms with Crippen molar-refractivity contribution < 1.29 is 28.5 Å². The number of para-hydroxylation sites is 1. The van der Waals surface area contributed by atoms with Crippen LogP contribution < -0.4 is 33.8 Å². The SMILES string of the molecule is CCOc1ccc([C@H]2C(C(=O)OC)=CN=c3s/c(=C/c4cccc(OC)c4OCC#N)c(=O)n32)cc1OCC. The Morgan fingerprint density at radius 3 is 2.56 bits per heavy atom. The third-order valence-electron chi connectivity index (χ3n) is 5.80. The fraction of sp³-hybridized carbons (Fsp3) is 0.286. The third-order valence-corrected chi connectivity index (χ3v) is 6.80. The number of nitrogens with zero attached hydrogens (tertiary/aromatic N) is 3. The second-order valence-corrected chi connectivity index (χ2v) is 9.08. The van der Waals surface area contributed by atoms with Crippen LogP contribution in [0.5, 0.6) is 23.0 Å². The predicted octanol–water partition coefficient (Wildman–Crippen LogP) is 2.73. The molecule has 202 valence electrons. The number of fused-ring (bicyclic) bond motifs is 1. The van der Waals surface area contributed by atoms with Crippen molar-refractivity contribution in [1.82, 2.24) is 4.57 Å². The minimum atomic E-state index is -0.814. The van der Waals surface area contributed by atoms with E-state index in [1.807, 2.05) is 19.9 Å². The van der Waals surface area contributed by atoms with Gasteiger partial charge in [-0.05, 0) is 43.7 Å². The van der Waals surface area contributed by atoms with Gasteiger partial charge in [0.05, 0.1) is 43.6 Å². The monoisotopic (exact) mass is 549 g/mol. The van der Waals surface area contributed by atoms with Gasteiger partial charge in [0, 0.05) is 11.8 Å². The Hall–Kier alpha value is -4.56. The number of hydrogen-bond donors (Lipinski definition) is 0. The first-order valence-electron chi connectivity index (χ1n) is 12.1. The van der Waals surface area contributed by atoms with Crippen LogP contribution in [0.15, 0.2) is 58.0 Å². The van der Waals surface area contributed by atoms with Crippen molar-refractivity contribution in [1.29, 1.82) is 5.26 Å². The van der Waals surface area contributed by atoms with Crippen molar-refractivity contribution in [2.24, 2.45) is 4.99 Å². The van der Waals surface area contributed by atoms with Gasteiger partial charge in [0.2, 0.25) is 0 Å². The Kier molecular flexibility index (Phi) is 8.68. The quantitative estimate of drug-likeness (QED) is 0.354. The van der Waals surface area contributed by atoms with Gasteiger partial charge < -0.3 is 23.7 Å². The Bertz CT molecular complexity index is 1630. The van der Waals surface area contributed by atoms with E-state index in [1.54, 1.807) is 42.5 Å². The molecule has 0 amide bonds. The molecule has 0 spiro atoms. The summed E-state index contributed by atoms with van der Waals surface area (Å²) in [6.45, 7) is 4.40. The van der Waals surface area contributed by atoms with E-state index in [9.17, 15) is 9.59 Å². The molecule has 39 heavy (non-hydrogen) atoms. The van der Waals surface area contributed by atoms with E-state index < -0.39 is 12.0 Å². The molecule has 0 radical (unpaired) electrons. The lowest BCUT2D eigenvalue weighted by atomic mass is 9.97. The molecule has 1 aliphatic rings. The largest absolute Gasteiger partial charge is 0.493 e. The molecule has 0 saturated carbocycles. The van der Waals surface area contributed by atoms with Crippen molar-refractivity contribution in [2.45, 2.75) is 19.9 Å². The summed E-state index contributed by atoms with van der Waals surface area (Å²) in [6.07, 6.45) is 3.08. The maximum absolute atomic E-state index is 13.8. The summed E-state index contributed by atoms with van der Waals surface area (Å²) in [5.41, 5.74) is 1.01. The molecule has 1 atom stereocenters. The molecule has 10 nitrogen and oxygen atoms in total. The predicted molar refractivity (Wildman–Crippen MR) is 144 cm³/mol. The van der Waals surface area contributed by atoms with Crippen molar-refractivity contribution in [3.8, 4) is 29.1 Å². The Balaban J connectivity index is 1.91. The van der Waals surface area contributed by atoms with Crippen LogP contribution in [0, 0.1) is 11.3 Å². The fourth-order valence-corrected chi connectivity index (χ4v) is 5.15. The Morgan fingerprint density at radius 1 is 1.10 bits per heavy atom. The summed E-state index contributed by atoms with van der Waals surface area (Å²) in [5, 5.41) is 9.00. The van der Waals surface area contributed by atoms with Gasteiger partial charge in [-0.3, -0.25) is 9.36 Å². The molecule has 2 aromatic carbocycles. The number of ether oxygens (including phenoxy) is 5. The van der Waals surface area contributed by atoms with Crippen LogP contribution in [0.1, 0.15) is 31.0 Å². The molecule has 0 fully saturated rings. The third kappa shape index (κ3) is 5.51. The van der Waals surface area contributed by atoms with Crippen LogP contribution in [0.3, 0.4) is 0 Å². The molecule has 2 heterocycles. The second kappa shape index (κ2) is 12.3. The first-order valence-corrected chi connectivity index (χ1v) is 12.9. The minimum Gasteiger partial charge on any atom is -0.493 e. The highest BCUT2D eigenvalue weighted by atomic mass is 32.1. The van der Waals surface area contributed by atoms with Gasteiger partial charge >= 0.3 is 5.97 Å². The van der Waals surface area contributed by atoms with E-state index in [-0.39, 0.29) is 17.7 Å². The number of aromatic nitrogens is 1. The molecule has 0 aliphatic carbocycles.